The first kappa shape index (κ1) is 14.0. The molecule has 1 aromatic carbocycles. The van der Waals surface area contributed by atoms with Gasteiger partial charge < -0.3 is 20.5 Å². The van der Waals surface area contributed by atoms with Crippen LogP contribution in [0, 0.1) is 0 Å². The van der Waals surface area contributed by atoms with Gasteiger partial charge in [-0.2, -0.15) is 0 Å². The Balaban J connectivity index is 2.05. The van der Waals surface area contributed by atoms with E-state index in [1.54, 1.807) is 7.11 Å². The molecule has 1 aromatic rings. The lowest BCUT2D eigenvalue weighted by Gasteiger charge is -2.06. The van der Waals surface area contributed by atoms with Gasteiger partial charge in [-0.25, -0.2) is 0 Å². The predicted molar refractivity (Wildman–Crippen MR) is 69.3 cm³/mol. The molecule has 0 radical (unpaired) electrons. The number of methoxy groups -OCH3 is 1. The smallest absolute Gasteiger partial charge is 0.118 e. The van der Waals surface area contributed by atoms with Gasteiger partial charge >= 0.3 is 0 Å². The van der Waals surface area contributed by atoms with Crippen molar-refractivity contribution in [1.82, 2.24) is 10.6 Å². The molecule has 0 amide bonds. The van der Waals surface area contributed by atoms with Crippen LogP contribution in [0.2, 0.25) is 0 Å². The van der Waals surface area contributed by atoms with Crippen LogP contribution >= 0.6 is 0 Å². The van der Waals surface area contributed by atoms with Gasteiger partial charge in [-0.15, -0.1) is 0 Å². The van der Waals surface area contributed by atoms with Gasteiger partial charge in [0, 0.05) is 13.1 Å². The van der Waals surface area contributed by atoms with Crippen LogP contribution in [-0.2, 0) is 6.54 Å². The lowest BCUT2D eigenvalue weighted by Crippen LogP contribution is -2.23. The van der Waals surface area contributed by atoms with Crippen molar-refractivity contribution in [2.24, 2.45) is 0 Å². The normalized spacial score (nSPS) is 10.5. The van der Waals surface area contributed by atoms with Gasteiger partial charge in [-0.1, -0.05) is 12.1 Å². The number of rotatable bonds is 9. The summed E-state index contributed by atoms with van der Waals surface area (Å²) < 4.78 is 5.10. The standard InChI is InChI=1S/C13H22N2O2/c1-17-13-5-3-12(4-6-13)11-15-8-2-7-14-9-10-16/h3-6,14-16H,2,7-11H2,1H3. The molecule has 0 fully saturated rings. The Morgan fingerprint density at radius 3 is 2.41 bits per heavy atom. The summed E-state index contributed by atoms with van der Waals surface area (Å²) in [6, 6.07) is 8.07. The maximum Gasteiger partial charge on any atom is 0.118 e. The molecule has 0 unspecified atom stereocenters. The van der Waals surface area contributed by atoms with Crippen LogP contribution in [0.3, 0.4) is 0 Å². The maximum atomic E-state index is 8.57. The quantitative estimate of drug-likeness (QED) is 0.556. The molecule has 0 saturated heterocycles. The van der Waals surface area contributed by atoms with E-state index in [1.807, 2.05) is 12.1 Å². The highest BCUT2D eigenvalue weighted by Gasteiger charge is 1.94. The van der Waals surface area contributed by atoms with Crippen molar-refractivity contribution in [3.05, 3.63) is 29.8 Å². The lowest BCUT2D eigenvalue weighted by molar-refractivity contribution is 0.292. The van der Waals surface area contributed by atoms with Crippen molar-refractivity contribution in [3.8, 4) is 5.75 Å². The van der Waals surface area contributed by atoms with Crippen molar-refractivity contribution in [1.29, 1.82) is 0 Å². The molecular weight excluding hydrogens is 216 g/mol. The minimum atomic E-state index is 0.208. The second-order valence-corrected chi connectivity index (χ2v) is 3.85. The van der Waals surface area contributed by atoms with Crippen molar-refractivity contribution in [3.63, 3.8) is 0 Å². The Labute approximate surface area is 103 Å². The summed E-state index contributed by atoms with van der Waals surface area (Å²) in [4.78, 5) is 0. The van der Waals surface area contributed by atoms with Crippen LogP contribution in [0.15, 0.2) is 24.3 Å². The Bertz CT molecular complexity index is 288. The zero-order valence-corrected chi connectivity index (χ0v) is 10.4. The minimum Gasteiger partial charge on any atom is -0.497 e. The van der Waals surface area contributed by atoms with E-state index in [2.05, 4.69) is 22.8 Å². The molecule has 0 bridgehead atoms. The van der Waals surface area contributed by atoms with Crippen LogP contribution in [0.25, 0.3) is 0 Å². The first-order valence-electron chi connectivity index (χ1n) is 6.02. The summed E-state index contributed by atoms with van der Waals surface area (Å²) in [5.74, 6) is 0.891. The van der Waals surface area contributed by atoms with Crippen LogP contribution in [0.5, 0.6) is 5.75 Å². The van der Waals surface area contributed by atoms with Gasteiger partial charge in [0.1, 0.15) is 5.75 Å². The Morgan fingerprint density at radius 1 is 1.06 bits per heavy atom. The van der Waals surface area contributed by atoms with Crippen molar-refractivity contribution >= 4 is 0 Å². The zero-order chi connectivity index (χ0) is 12.3. The number of benzene rings is 1. The van der Waals surface area contributed by atoms with E-state index < -0.39 is 0 Å². The van der Waals surface area contributed by atoms with E-state index in [0.717, 1.165) is 31.8 Å². The van der Waals surface area contributed by atoms with E-state index in [9.17, 15) is 0 Å². The summed E-state index contributed by atoms with van der Waals surface area (Å²) in [5, 5.41) is 15.1. The van der Waals surface area contributed by atoms with E-state index in [-0.39, 0.29) is 6.61 Å². The SMILES string of the molecule is COc1ccc(CNCCCNCCO)cc1. The molecule has 1 rings (SSSR count). The molecule has 96 valence electrons. The minimum absolute atomic E-state index is 0.208. The molecule has 4 nitrogen and oxygen atoms in total. The van der Waals surface area contributed by atoms with Crippen molar-refractivity contribution in [2.45, 2.75) is 13.0 Å². The van der Waals surface area contributed by atoms with Gasteiger partial charge in [0.25, 0.3) is 0 Å². The van der Waals surface area contributed by atoms with Gasteiger partial charge in [0.05, 0.1) is 13.7 Å². The number of ether oxygens (including phenoxy) is 1. The monoisotopic (exact) mass is 238 g/mol. The van der Waals surface area contributed by atoms with E-state index in [4.69, 9.17) is 9.84 Å². The van der Waals surface area contributed by atoms with Crippen LogP contribution in [-0.4, -0.2) is 38.5 Å². The Hall–Kier alpha value is -1.10. The highest BCUT2D eigenvalue weighted by Crippen LogP contribution is 2.10. The molecule has 0 aliphatic heterocycles. The molecule has 0 aliphatic rings. The molecule has 0 aromatic heterocycles. The second-order valence-electron chi connectivity index (χ2n) is 3.85. The molecule has 0 spiro atoms. The summed E-state index contributed by atoms with van der Waals surface area (Å²) in [5.41, 5.74) is 1.26. The van der Waals surface area contributed by atoms with Crippen molar-refractivity contribution in [2.75, 3.05) is 33.4 Å². The Kier molecular flexibility index (Phi) is 7.38. The fraction of sp³-hybridized carbons (Fsp3) is 0.538. The average molecular weight is 238 g/mol. The molecule has 0 heterocycles. The molecule has 0 saturated carbocycles. The average Bonchev–Trinajstić information content (AvgIpc) is 2.38. The second kappa shape index (κ2) is 8.98. The van der Waals surface area contributed by atoms with E-state index in [0.29, 0.717) is 6.54 Å². The van der Waals surface area contributed by atoms with Gasteiger partial charge in [-0.3, -0.25) is 0 Å². The molecule has 0 aliphatic carbocycles. The zero-order valence-electron chi connectivity index (χ0n) is 10.4. The third-order valence-electron chi connectivity index (χ3n) is 2.48. The van der Waals surface area contributed by atoms with Crippen LogP contribution < -0.4 is 15.4 Å². The number of nitrogens with one attached hydrogen (secondary N) is 2. The maximum absolute atomic E-state index is 8.57. The number of hydrogen-bond donors (Lipinski definition) is 3. The van der Waals surface area contributed by atoms with Gasteiger partial charge in [-0.05, 0) is 37.2 Å². The highest BCUT2D eigenvalue weighted by atomic mass is 16.5. The molecule has 4 heteroatoms. The number of aliphatic hydroxyl groups is 1. The molecule has 17 heavy (non-hydrogen) atoms. The first-order valence-corrected chi connectivity index (χ1v) is 6.02. The van der Waals surface area contributed by atoms with Crippen molar-refractivity contribution < 1.29 is 9.84 Å². The third-order valence-corrected chi connectivity index (χ3v) is 2.48. The molecule has 0 atom stereocenters. The fourth-order valence-electron chi connectivity index (χ4n) is 1.52. The van der Waals surface area contributed by atoms with E-state index >= 15 is 0 Å². The fourth-order valence-corrected chi connectivity index (χ4v) is 1.52. The first-order chi connectivity index (χ1) is 8.36. The molecule has 3 N–H and O–H groups in total. The highest BCUT2D eigenvalue weighted by molar-refractivity contribution is 5.26. The predicted octanol–water partition coefficient (Wildman–Crippen LogP) is 0.757. The topological polar surface area (TPSA) is 53.5 Å². The van der Waals surface area contributed by atoms with E-state index in [1.165, 1.54) is 5.56 Å². The summed E-state index contributed by atoms with van der Waals surface area (Å²) in [6.07, 6.45) is 1.07. The summed E-state index contributed by atoms with van der Waals surface area (Å²) >= 11 is 0. The number of hydrogen-bond acceptors (Lipinski definition) is 4. The van der Waals surface area contributed by atoms with Gasteiger partial charge in [0.15, 0.2) is 0 Å². The number of aliphatic hydroxyl groups excluding tert-OH is 1. The lowest BCUT2D eigenvalue weighted by atomic mass is 10.2. The van der Waals surface area contributed by atoms with Crippen LogP contribution in [0.1, 0.15) is 12.0 Å². The van der Waals surface area contributed by atoms with Crippen LogP contribution in [0.4, 0.5) is 0 Å². The van der Waals surface area contributed by atoms with Gasteiger partial charge in [0.2, 0.25) is 0 Å². The largest absolute Gasteiger partial charge is 0.497 e. The summed E-state index contributed by atoms with van der Waals surface area (Å²) in [7, 11) is 1.67. The Morgan fingerprint density at radius 2 is 1.76 bits per heavy atom. The summed E-state index contributed by atoms with van der Waals surface area (Å²) in [6.45, 7) is 3.68. The molecular formula is C13H22N2O2. The third kappa shape index (κ3) is 6.26.